The lowest BCUT2D eigenvalue weighted by molar-refractivity contribution is 0.224. The van der Waals surface area contributed by atoms with Crippen molar-refractivity contribution in [2.75, 3.05) is 7.11 Å². The van der Waals surface area contributed by atoms with Gasteiger partial charge in [-0.1, -0.05) is 39.3 Å². The zero-order chi connectivity index (χ0) is 11.8. The van der Waals surface area contributed by atoms with Crippen LogP contribution in [-0.4, -0.2) is 7.11 Å². The maximum absolute atomic E-state index is 5.22. The Morgan fingerprint density at radius 3 is 2.06 bits per heavy atom. The van der Waals surface area contributed by atoms with Crippen molar-refractivity contribution in [2.45, 2.75) is 45.4 Å². The second kappa shape index (κ2) is 3.80. The van der Waals surface area contributed by atoms with Crippen LogP contribution < -0.4 is 4.74 Å². The van der Waals surface area contributed by atoms with Crippen molar-refractivity contribution in [3.8, 4) is 5.75 Å². The van der Waals surface area contributed by atoms with Crippen LogP contribution in [0.2, 0.25) is 0 Å². The highest BCUT2D eigenvalue weighted by Gasteiger charge is 2.45. The number of hydrogen-bond acceptors (Lipinski definition) is 1. The van der Waals surface area contributed by atoms with Crippen LogP contribution in [0.15, 0.2) is 24.3 Å². The summed E-state index contributed by atoms with van der Waals surface area (Å²) < 4.78 is 5.22. The van der Waals surface area contributed by atoms with E-state index in [0.29, 0.717) is 10.8 Å². The average Bonchev–Trinajstić information content (AvgIpc) is 2.55. The first kappa shape index (κ1) is 11.5. The van der Waals surface area contributed by atoms with Gasteiger partial charge in [0.25, 0.3) is 0 Å². The van der Waals surface area contributed by atoms with E-state index >= 15 is 0 Å². The number of hydrogen-bond donors (Lipinski definition) is 0. The zero-order valence-corrected chi connectivity index (χ0v) is 10.8. The summed E-state index contributed by atoms with van der Waals surface area (Å²) in [7, 11) is 1.72. The molecular formula is C15H22O. The Hall–Kier alpha value is -0.980. The fourth-order valence-corrected chi connectivity index (χ4v) is 2.99. The zero-order valence-electron chi connectivity index (χ0n) is 10.8. The number of ether oxygens (including phenoxy) is 1. The van der Waals surface area contributed by atoms with Gasteiger partial charge in [0.15, 0.2) is 0 Å². The van der Waals surface area contributed by atoms with Crippen LogP contribution in [-0.2, 0) is 5.41 Å². The van der Waals surface area contributed by atoms with Gasteiger partial charge in [-0.05, 0) is 41.4 Å². The Morgan fingerprint density at radius 2 is 1.62 bits per heavy atom. The second-order valence-corrected chi connectivity index (χ2v) is 5.80. The fraction of sp³-hybridized carbons (Fsp3) is 0.600. The molecule has 0 bridgehead atoms. The molecule has 1 unspecified atom stereocenters. The molecule has 1 aliphatic rings. The van der Waals surface area contributed by atoms with Crippen LogP contribution in [0.25, 0.3) is 0 Å². The predicted octanol–water partition coefficient (Wildman–Crippen LogP) is 4.16. The lowest BCUT2D eigenvalue weighted by atomic mass is 9.65. The first-order valence-corrected chi connectivity index (χ1v) is 6.14. The molecule has 1 aliphatic carbocycles. The molecule has 16 heavy (non-hydrogen) atoms. The predicted molar refractivity (Wildman–Crippen MR) is 68.0 cm³/mol. The van der Waals surface area contributed by atoms with E-state index in [2.05, 4.69) is 45.0 Å². The van der Waals surface area contributed by atoms with E-state index in [1.165, 1.54) is 24.8 Å². The summed E-state index contributed by atoms with van der Waals surface area (Å²) in [5.74, 6) is 0.947. The summed E-state index contributed by atoms with van der Waals surface area (Å²) in [6.07, 6.45) is 3.97. The van der Waals surface area contributed by atoms with Gasteiger partial charge in [-0.2, -0.15) is 0 Å². The number of methoxy groups -OCH3 is 1. The van der Waals surface area contributed by atoms with Crippen molar-refractivity contribution >= 4 is 0 Å². The minimum Gasteiger partial charge on any atom is -0.497 e. The van der Waals surface area contributed by atoms with Gasteiger partial charge >= 0.3 is 0 Å². The molecule has 1 heteroatoms. The van der Waals surface area contributed by atoms with Gasteiger partial charge in [0.05, 0.1) is 7.11 Å². The van der Waals surface area contributed by atoms with Crippen LogP contribution in [0.4, 0.5) is 0 Å². The minimum absolute atomic E-state index is 0.319. The normalized spacial score (nSPS) is 28.0. The van der Waals surface area contributed by atoms with E-state index in [1.54, 1.807) is 7.11 Å². The first-order valence-electron chi connectivity index (χ1n) is 6.14. The third-order valence-corrected chi connectivity index (χ3v) is 4.70. The third kappa shape index (κ3) is 1.63. The van der Waals surface area contributed by atoms with Gasteiger partial charge in [-0.15, -0.1) is 0 Å². The molecule has 2 rings (SSSR count). The molecule has 0 aliphatic heterocycles. The van der Waals surface area contributed by atoms with Gasteiger partial charge in [-0.25, -0.2) is 0 Å². The highest BCUT2D eigenvalue weighted by molar-refractivity contribution is 5.34. The number of benzene rings is 1. The molecule has 0 amide bonds. The fourth-order valence-electron chi connectivity index (χ4n) is 2.99. The van der Waals surface area contributed by atoms with Crippen LogP contribution in [0, 0.1) is 5.41 Å². The Morgan fingerprint density at radius 1 is 1.00 bits per heavy atom. The molecular weight excluding hydrogens is 196 g/mol. The van der Waals surface area contributed by atoms with Crippen LogP contribution >= 0.6 is 0 Å². The molecule has 0 radical (unpaired) electrons. The highest BCUT2D eigenvalue weighted by atomic mass is 16.5. The Bertz CT molecular complexity index is 364. The molecule has 1 fully saturated rings. The maximum Gasteiger partial charge on any atom is 0.118 e. The van der Waals surface area contributed by atoms with Gasteiger partial charge in [0.1, 0.15) is 5.75 Å². The molecule has 0 heterocycles. The van der Waals surface area contributed by atoms with E-state index in [9.17, 15) is 0 Å². The standard InChI is InChI=1S/C15H22O/c1-14(2)10-5-11-15(14,3)12-6-8-13(16-4)9-7-12/h6-9H,5,10-11H2,1-4H3. The van der Waals surface area contributed by atoms with E-state index in [4.69, 9.17) is 4.74 Å². The lowest BCUT2D eigenvalue weighted by Gasteiger charge is -2.39. The molecule has 1 aromatic carbocycles. The van der Waals surface area contributed by atoms with Gasteiger partial charge < -0.3 is 4.74 Å². The second-order valence-electron chi connectivity index (χ2n) is 5.80. The monoisotopic (exact) mass is 218 g/mol. The summed E-state index contributed by atoms with van der Waals surface area (Å²) in [5.41, 5.74) is 2.18. The first-order chi connectivity index (χ1) is 7.49. The van der Waals surface area contributed by atoms with Crippen molar-refractivity contribution in [1.29, 1.82) is 0 Å². The third-order valence-electron chi connectivity index (χ3n) is 4.70. The van der Waals surface area contributed by atoms with Crippen molar-refractivity contribution in [3.63, 3.8) is 0 Å². The molecule has 1 saturated carbocycles. The largest absolute Gasteiger partial charge is 0.497 e. The highest BCUT2D eigenvalue weighted by Crippen LogP contribution is 2.53. The SMILES string of the molecule is COc1ccc(C2(C)CCCC2(C)C)cc1. The summed E-state index contributed by atoms with van der Waals surface area (Å²) >= 11 is 0. The summed E-state index contributed by atoms with van der Waals surface area (Å²) in [4.78, 5) is 0. The maximum atomic E-state index is 5.22. The Kier molecular flexibility index (Phi) is 2.73. The number of rotatable bonds is 2. The molecule has 1 atom stereocenters. The van der Waals surface area contributed by atoms with Gasteiger partial charge in [0, 0.05) is 0 Å². The Labute approximate surface area is 98.8 Å². The smallest absolute Gasteiger partial charge is 0.118 e. The van der Waals surface area contributed by atoms with E-state index in [1.807, 2.05) is 0 Å². The van der Waals surface area contributed by atoms with Crippen molar-refractivity contribution in [1.82, 2.24) is 0 Å². The summed E-state index contributed by atoms with van der Waals surface area (Å²) in [5, 5.41) is 0. The van der Waals surface area contributed by atoms with Crippen molar-refractivity contribution < 1.29 is 4.74 Å². The molecule has 0 N–H and O–H groups in total. The Balaban J connectivity index is 2.35. The molecule has 0 spiro atoms. The van der Waals surface area contributed by atoms with Crippen molar-refractivity contribution in [2.24, 2.45) is 5.41 Å². The van der Waals surface area contributed by atoms with Crippen LogP contribution in [0.5, 0.6) is 5.75 Å². The van der Waals surface area contributed by atoms with Gasteiger partial charge in [0.2, 0.25) is 0 Å². The van der Waals surface area contributed by atoms with E-state index in [0.717, 1.165) is 5.75 Å². The minimum atomic E-state index is 0.319. The molecule has 88 valence electrons. The lowest BCUT2D eigenvalue weighted by Crippen LogP contribution is -2.33. The summed E-state index contributed by atoms with van der Waals surface area (Å²) in [6.45, 7) is 7.19. The van der Waals surface area contributed by atoms with Gasteiger partial charge in [-0.3, -0.25) is 0 Å². The van der Waals surface area contributed by atoms with E-state index < -0.39 is 0 Å². The molecule has 1 nitrogen and oxygen atoms in total. The van der Waals surface area contributed by atoms with Crippen LogP contribution in [0.3, 0.4) is 0 Å². The summed E-state index contributed by atoms with van der Waals surface area (Å²) in [6, 6.07) is 8.61. The topological polar surface area (TPSA) is 9.23 Å². The quantitative estimate of drug-likeness (QED) is 0.724. The van der Waals surface area contributed by atoms with E-state index in [-0.39, 0.29) is 0 Å². The average molecular weight is 218 g/mol. The van der Waals surface area contributed by atoms with Crippen molar-refractivity contribution in [3.05, 3.63) is 29.8 Å². The molecule has 0 aromatic heterocycles. The van der Waals surface area contributed by atoms with Crippen LogP contribution in [0.1, 0.15) is 45.6 Å². The molecule has 0 saturated heterocycles. The molecule has 1 aromatic rings.